The Labute approximate surface area is 79.6 Å². The number of hydrogen-bond acceptors (Lipinski definition) is 2. The van der Waals surface area contributed by atoms with Gasteiger partial charge < -0.3 is 4.90 Å². The van der Waals surface area contributed by atoms with Crippen molar-refractivity contribution in [3.05, 3.63) is 30.1 Å². The number of likely N-dealkylation sites (tertiary alicyclic amines) is 1. The molecule has 2 rings (SSSR count). The second kappa shape index (κ2) is 3.88. The van der Waals surface area contributed by atoms with E-state index in [1.165, 1.54) is 25.1 Å². The average Bonchev–Trinajstić information content (AvgIpc) is 2.19. The zero-order valence-corrected chi connectivity index (χ0v) is 8.11. The van der Waals surface area contributed by atoms with Crippen molar-refractivity contribution >= 4 is 0 Å². The Kier molecular flexibility index (Phi) is 2.60. The minimum Gasteiger partial charge on any atom is -0.306 e. The van der Waals surface area contributed by atoms with Crippen LogP contribution in [0.25, 0.3) is 0 Å². The van der Waals surface area contributed by atoms with E-state index in [2.05, 4.69) is 29.1 Å². The SMILES string of the molecule is CN1CCCC(c2ccccn2)C1. The lowest BCUT2D eigenvalue weighted by Crippen LogP contribution is -2.31. The summed E-state index contributed by atoms with van der Waals surface area (Å²) in [5, 5.41) is 0. The van der Waals surface area contributed by atoms with Crippen LogP contribution in [0.1, 0.15) is 24.5 Å². The minimum absolute atomic E-state index is 0.653. The molecule has 0 amide bonds. The summed E-state index contributed by atoms with van der Waals surface area (Å²) in [6, 6.07) is 6.21. The van der Waals surface area contributed by atoms with Crippen LogP contribution in [0.3, 0.4) is 0 Å². The fourth-order valence-corrected chi connectivity index (χ4v) is 2.03. The van der Waals surface area contributed by atoms with E-state index in [1.54, 1.807) is 0 Å². The molecule has 0 bridgehead atoms. The third kappa shape index (κ3) is 2.07. The Hall–Kier alpha value is -0.890. The molecule has 1 aromatic rings. The molecule has 1 aliphatic heterocycles. The fraction of sp³-hybridized carbons (Fsp3) is 0.545. The van der Waals surface area contributed by atoms with Gasteiger partial charge in [0.15, 0.2) is 0 Å². The predicted molar refractivity (Wildman–Crippen MR) is 53.7 cm³/mol. The smallest absolute Gasteiger partial charge is 0.0447 e. The molecule has 13 heavy (non-hydrogen) atoms. The first-order valence-corrected chi connectivity index (χ1v) is 4.96. The Bertz CT molecular complexity index is 258. The zero-order chi connectivity index (χ0) is 9.10. The normalized spacial score (nSPS) is 24.5. The maximum absolute atomic E-state index is 4.41. The number of hydrogen-bond donors (Lipinski definition) is 0. The van der Waals surface area contributed by atoms with Gasteiger partial charge in [0.1, 0.15) is 0 Å². The van der Waals surface area contributed by atoms with Gasteiger partial charge in [-0.05, 0) is 38.6 Å². The van der Waals surface area contributed by atoms with Crippen LogP contribution in [0.15, 0.2) is 24.4 Å². The lowest BCUT2D eigenvalue weighted by atomic mass is 9.95. The number of piperidine rings is 1. The molecule has 0 aromatic carbocycles. The molecule has 1 fully saturated rings. The first-order chi connectivity index (χ1) is 6.36. The molecule has 1 aromatic heterocycles. The Morgan fingerprint density at radius 3 is 3.08 bits per heavy atom. The van der Waals surface area contributed by atoms with Gasteiger partial charge in [-0.1, -0.05) is 6.07 Å². The van der Waals surface area contributed by atoms with Crippen LogP contribution in [0, 0.1) is 0 Å². The molecule has 2 heterocycles. The van der Waals surface area contributed by atoms with E-state index < -0.39 is 0 Å². The highest BCUT2D eigenvalue weighted by Gasteiger charge is 2.19. The van der Waals surface area contributed by atoms with E-state index in [-0.39, 0.29) is 0 Å². The molecule has 1 aliphatic rings. The van der Waals surface area contributed by atoms with Gasteiger partial charge in [-0.2, -0.15) is 0 Å². The van der Waals surface area contributed by atoms with Gasteiger partial charge in [-0.15, -0.1) is 0 Å². The molecule has 0 N–H and O–H groups in total. The van der Waals surface area contributed by atoms with Gasteiger partial charge in [-0.25, -0.2) is 0 Å². The highest BCUT2D eigenvalue weighted by Crippen LogP contribution is 2.23. The second-order valence-electron chi connectivity index (χ2n) is 3.86. The number of nitrogens with zero attached hydrogens (tertiary/aromatic N) is 2. The average molecular weight is 176 g/mol. The molecule has 2 heteroatoms. The van der Waals surface area contributed by atoms with Crippen molar-refractivity contribution < 1.29 is 0 Å². The summed E-state index contributed by atoms with van der Waals surface area (Å²) in [6.07, 6.45) is 4.49. The Balaban J connectivity index is 2.08. The van der Waals surface area contributed by atoms with Gasteiger partial charge in [-0.3, -0.25) is 4.98 Å². The van der Waals surface area contributed by atoms with Crippen LogP contribution in [-0.4, -0.2) is 30.0 Å². The molecular formula is C11H16N2. The van der Waals surface area contributed by atoms with Crippen LogP contribution in [-0.2, 0) is 0 Å². The third-order valence-electron chi connectivity index (χ3n) is 2.73. The molecule has 0 spiro atoms. The molecule has 2 nitrogen and oxygen atoms in total. The first kappa shape index (κ1) is 8.70. The van der Waals surface area contributed by atoms with Crippen LogP contribution in [0.4, 0.5) is 0 Å². The monoisotopic (exact) mass is 176 g/mol. The van der Waals surface area contributed by atoms with Crippen molar-refractivity contribution in [1.82, 2.24) is 9.88 Å². The lowest BCUT2D eigenvalue weighted by molar-refractivity contribution is 0.248. The summed E-state index contributed by atoms with van der Waals surface area (Å²) in [5.41, 5.74) is 1.26. The summed E-state index contributed by atoms with van der Waals surface area (Å²) in [4.78, 5) is 6.80. The highest BCUT2D eigenvalue weighted by atomic mass is 15.1. The molecule has 0 saturated carbocycles. The lowest BCUT2D eigenvalue weighted by Gasteiger charge is -2.29. The van der Waals surface area contributed by atoms with Crippen molar-refractivity contribution in [3.8, 4) is 0 Å². The van der Waals surface area contributed by atoms with Crippen LogP contribution < -0.4 is 0 Å². The van der Waals surface area contributed by atoms with Crippen molar-refractivity contribution in [2.75, 3.05) is 20.1 Å². The van der Waals surface area contributed by atoms with E-state index >= 15 is 0 Å². The second-order valence-corrected chi connectivity index (χ2v) is 3.86. The Morgan fingerprint density at radius 2 is 2.38 bits per heavy atom. The number of pyridine rings is 1. The summed E-state index contributed by atoms with van der Waals surface area (Å²) >= 11 is 0. The topological polar surface area (TPSA) is 16.1 Å². The van der Waals surface area contributed by atoms with Gasteiger partial charge in [0.25, 0.3) is 0 Å². The molecule has 1 saturated heterocycles. The van der Waals surface area contributed by atoms with Gasteiger partial charge >= 0.3 is 0 Å². The third-order valence-corrected chi connectivity index (χ3v) is 2.73. The maximum Gasteiger partial charge on any atom is 0.0447 e. The summed E-state index contributed by atoms with van der Waals surface area (Å²) in [6.45, 7) is 2.40. The number of aromatic nitrogens is 1. The Morgan fingerprint density at radius 1 is 1.46 bits per heavy atom. The molecular weight excluding hydrogens is 160 g/mol. The van der Waals surface area contributed by atoms with E-state index in [1.807, 2.05) is 12.3 Å². The van der Waals surface area contributed by atoms with Crippen LogP contribution in [0.5, 0.6) is 0 Å². The van der Waals surface area contributed by atoms with Crippen molar-refractivity contribution in [2.45, 2.75) is 18.8 Å². The summed E-state index contributed by atoms with van der Waals surface area (Å²) < 4.78 is 0. The standard InChI is InChI=1S/C11H16N2/c1-13-8-4-5-10(9-13)11-6-2-3-7-12-11/h2-3,6-7,10H,4-5,8-9H2,1H3. The summed E-state index contributed by atoms with van der Waals surface area (Å²) in [7, 11) is 2.19. The first-order valence-electron chi connectivity index (χ1n) is 4.96. The van der Waals surface area contributed by atoms with Crippen molar-refractivity contribution in [3.63, 3.8) is 0 Å². The molecule has 70 valence electrons. The van der Waals surface area contributed by atoms with E-state index in [4.69, 9.17) is 0 Å². The van der Waals surface area contributed by atoms with Crippen molar-refractivity contribution in [1.29, 1.82) is 0 Å². The van der Waals surface area contributed by atoms with E-state index in [0.29, 0.717) is 5.92 Å². The minimum atomic E-state index is 0.653. The zero-order valence-electron chi connectivity index (χ0n) is 8.11. The van der Waals surface area contributed by atoms with E-state index in [9.17, 15) is 0 Å². The highest BCUT2D eigenvalue weighted by molar-refractivity contribution is 5.10. The van der Waals surface area contributed by atoms with Gasteiger partial charge in [0.2, 0.25) is 0 Å². The molecule has 0 aliphatic carbocycles. The van der Waals surface area contributed by atoms with Crippen molar-refractivity contribution in [2.24, 2.45) is 0 Å². The van der Waals surface area contributed by atoms with Crippen LogP contribution in [0.2, 0.25) is 0 Å². The van der Waals surface area contributed by atoms with Crippen LogP contribution >= 0.6 is 0 Å². The molecule has 0 radical (unpaired) electrons. The maximum atomic E-state index is 4.41. The largest absolute Gasteiger partial charge is 0.306 e. The fourth-order valence-electron chi connectivity index (χ4n) is 2.03. The number of rotatable bonds is 1. The summed E-state index contributed by atoms with van der Waals surface area (Å²) in [5.74, 6) is 0.653. The quantitative estimate of drug-likeness (QED) is 0.649. The van der Waals surface area contributed by atoms with Gasteiger partial charge in [0.05, 0.1) is 0 Å². The number of likely N-dealkylation sites (N-methyl/N-ethyl adjacent to an activating group) is 1. The molecule has 1 atom stereocenters. The van der Waals surface area contributed by atoms with Gasteiger partial charge in [0, 0.05) is 24.4 Å². The molecule has 1 unspecified atom stereocenters. The predicted octanol–water partition coefficient (Wildman–Crippen LogP) is 1.89. The van der Waals surface area contributed by atoms with E-state index in [0.717, 1.165) is 6.54 Å².